The maximum atomic E-state index is 12.2. The zero-order valence-electron chi connectivity index (χ0n) is 11.5. The summed E-state index contributed by atoms with van der Waals surface area (Å²) in [6, 6.07) is 5.04. The van der Waals surface area contributed by atoms with E-state index in [1.165, 1.54) is 0 Å². The van der Waals surface area contributed by atoms with Crippen LogP contribution in [0.3, 0.4) is 0 Å². The van der Waals surface area contributed by atoms with Gasteiger partial charge in [-0.05, 0) is 23.3 Å². The molecule has 1 aromatic rings. The molecule has 114 valence electrons. The molecule has 7 heteroatoms. The summed E-state index contributed by atoms with van der Waals surface area (Å²) in [4.78, 5) is 24.8. The molecule has 1 atom stereocenters. The smallest absolute Gasteiger partial charge is 0.243 e. The number of hydrogen-bond donors (Lipinski definition) is 2. The van der Waals surface area contributed by atoms with Crippen molar-refractivity contribution in [3.63, 3.8) is 0 Å². The Labute approximate surface area is 133 Å². The average molecular weight is 328 g/mol. The number of carbonyl (C=O) groups excluding carboxylic acids is 2. The average Bonchev–Trinajstić information content (AvgIpc) is 2.52. The highest BCUT2D eigenvalue weighted by Gasteiger charge is 2.27. The molecule has 2 amide bonds. The van der Waals surface area contributed by atoms with Gasteiger partial charge in [0, 0.05) is 36.2 Å². The number of amides is 2. The Balaban J connectivity index is 2.00. The number of nitrogens with zero attached hydrogens (tertiary/aromatic N) is 1. The Morgan fingerprint density at radius 1 is 1.52 bits per heavy atom. The highest BCUT2D eigenvalue weighted by atomic mass is 35.5. The summed E-state index contributed by atoms with van der Waals surface area (Å²) in [5.74, 6) is 1.36. The first kappa shape index (κ1) is 16.1. The molecule has 1 unspecified atom stereocenters. The van der Waals surface area contributed by atoms with Gasteiger partial charge in [0.1, 0.15) is 6.04 Å². The molecule has 1 aliphatic heterocycles. The van der Waals surface area contributed by atoms with Crippen LogP contribution in [0.1, 0.15) is 11.1 Å². The number of nitrogens with one attached hydrogen (secondary N) is 1. The molecule has 1 aliphatic rings. The highest BCUT2D eigenvalue weighted by molar-refractivity contribution is 7.99. The van der Waals surface area contributed by atoms with Gasteiger partial charge < -0.3 is 16.0 Å². The number of rotatable bonds is 5. The molecule has 1 saturated heterocycles. The minimum atomic E-state index is -0.401. The normalized spacial score (nSPS) is 18.4. The van der Waals surface area contributed by atoms with E-state index < -0.39 is 6.04 Å². The van der Waals surface area contributed by atoms with E-state index in [0.29, 0.717) is 30.4 Å². The molecule has 0 saturated carbocycles. The number of thioether (sulfide) groups is 1. The Kier molecular flexibility index (Phi) is 5.90. The summed E-state index contributed by atoms with van der Waals surface area (Å²) in [7, 11) is 0. The molecule has 1 aromatic carbocycles. The van der Waals surface area contributed by atoms with E-state index in [2.05, 4.69) is 5.32 Å². The van der Waals surface area contributed by atoms with Crippen molar-refractivity contribution in [2.45, 2.75) is 19.1 Å². The van der Waals surface area contributed by atoms with Crippen LogP contribution in [0.4, 0.5) is 0 Å². The second-order valence-corrected chi connectivity index (χ2v) is 6.36. The van der Waals surface area contributed by atoms with Crippen molar-refractivity contribution in [3.05, 3.63) is 34.3 Å². The van der Waals surface area contributed by atoms with Gasteiger partial charge in [-0.3, -0.25) is 9.59 Å². The minimum absolute atomic E-state index is 0.141. The Bertz CT molecular complexity index is 527. The predicted molar refractivity (Wildman–Crippen MR) is 85.1 cm³/mol. The fourth-order valence-electron chi connectivity index (χ4n) is 2.23. The molecule has 0 radical (unpaired) electrons. The van der Waals surface area contributed by atoms with Crippen molar-refractivity contribution in [1.29, 1.82) is 0 Å². The van der Waals surface area contributed by atoms with Crippen LogP contribution in [0.25, 0.3) is 0 Å². The summed E-state index contributed by atoms with van der Waals surface area (Å²) in [6.45, 7) is 1.36. The minimum Gasteiger partial charge on any atom is -0.350 e. The maximum absolute atomic E-state index is 12.2. The van der Waals surface area contributed by atoms with Gasteiger partial charge in [-0.1, -0.05) is 17.7 Å². The van der Waals surface area contributed by atoms with Gasteiger partial charge in [0.25, 0.3) is 0 Å². The lowest BCUT2D eigenvalue weighted by atomic mass is 10.1. The maximum Gasteiger partial charge on any atom is 0.243 e. The Morgan fingerprint density at radius 2 is 2.33 bits per heavy atom. The lowest BCUT2D eigenvalue weighted by Crippen LogP contribution is -2.50. The molecule has 5 nitrogen and oxygen atoms in total. The standard InChI is InChI=1S/C14H18ClN3O2S/c15-12-2-1-10(6-16)11(5-12)7-17-14(20)13-8-21-4-3-18(13)9-19/h1-2,5,9,13H,3-4,6-8,16H2,(H,17,20). The molecule has 2 rings (SSSR count). The summed E-state index contributed by atoms with van der Waals surface area (Å²) in [5.41, 5.74) is 7.53. The van der Waals surface area contributed by atoms with Crippen molar-refractivity contribution in [3.8, 4) is 0 Å². The Morgan fingerprint density at radius 3 is 3.05 bits per heavy atom. The monoisotopic (exact) mass is 327 g/mol. The topological polar surface area (TPSA) is 75.4 Å². The van der Waals surface area contributed by atoms with Crippen LogP contribution in [-0.4, -0.2) is 41.3 Å². The molecule has 0 aliphatic carbocycles. The number of halogens is 1. The second kappa shape index (κ2) is 7.68. The van der Waals surface area contributed by atoms with E-state index >= 15 is 0 Å². The Hall–Kier alpha value is -1.24. The van der Waals surface area contributed by atoms with E-state index in [1.54, 1.807) is 28.8 Å². The first-order chi connectivity index (χ1) is 10.2. The lowest BCUT2D eigenvalue weighted by molar-refractivity contribution is -0.132. The van der Waals surface area contributed by atoms with E-state index in [1.807, 2.05) is 6.07 Å². The van der Waals surface area contributed by atoms with Gasteiger partial charge in [-0.2, -0.15) is 11.8 Å². The van der Waals surface area contributed by atoms with Crippen LogP contribution >= 0.6 is 23.4 Å². The molecule has 1 fully saturated rings. The van der Waals surface area contributed by atoms with Gasteiger partial charge in [-0.25, -0.2) is 0 Å². The van der Waals surface area contributed by atoms with Gasteiger partial charge in [0.05, 0.1) is 0 Å². The third-order valence-corrected chi connectivity index (χ3v) is 4.71. The lowest BCUT2D eigenvalue weighted by Gasteiger charge is -2.31. The molecule has 1 heterocycles. The van der Waals surface area contributed by atoms with Crippen molar-refractivity contribution in [2.24, 2.45) is 5.73 Å². The molecule has 0 aromatic heterocycles. The summed E-state index contributed by atoms with van der Waals surface area (Å²) in [6.07, 6.45) is 0.745. The highest BCUT2D eigenvalue weighted by Crippen LogP contribution is 2.17. The van der Waals surface area contributed by atoms with Gasteiger partial charge in [0.15, 0.2) is 0 Å². The number of nitrogens with two attached hydrogens (primary N) is 1. The van der Waals surface area contributed by atoms with Crippen molar-refractivity contribution >= 4 is 35.7 Å². The largest absolute Gasteiger partial charge is 0.350 e. The molecule has 21 heavy (non-hydrogen) atoms. The first-order valence-corrected chi connectivity index (χ1v) is 8.23. The molecular weight excluding hydrogens is 310 g/mol. The zero-order valence-corrected chi connectivity index (χ0v) is 13.1. The van der Waals surface area contributed by atoms with E-state index in [9.17, 15) is 9.59 Å². The third-order valence-electron chi connectivity index (χ3n) is 3.45. The van der Waals surface area contributed by atoms with Crippen LogP contribution in [0.2, 0.25) is 5.02 Å². The molecule has 0 bridgehead atoms. The quantitative estimate of drug-likeness (QED) is 0.791. The first-order valence-electron chi connectivity index (χ1n) is 6.69. The van der Waals surface area contributed by atoms with E-state index in [-0.39, 0.29) is 5.91 Å². The molecule has 3 N–H and O–H groups in total. The molecular formula is C14H18ClN3O2S. The number of carbonyl (C=O) groups is 2. The van der Waals surface area contributed by atoms with Crippen LogP contribution < -0.4 is 11.1 Å². The SMILES string of the molecule is NCc1ccc(Cl)cc1CNC(=O)C1CSCCN1C=O. The van der Waals surface area contributed by atoms with Crippen LogP contribution in [0, 0.1) is 0 Å². The van der Waals surface area contributed by atoms with Crippen LogP contribution in [0.5, 0.6) is 0 Å². The van der Waals surface area contributed by atoms with Gasteiger partial charge >= 0.3 is 0 Å². The van der Waals surface area contributed by atoms with Crippen LogP contribution in [0.15, 0.2) is 18.2 Å². The van der Waals surface area contributed by atoms with Gasteiger partial charge in [0.2, 0.25) is 12.3 Å². The van der Waals surface area contributed by atoms with Crippen molar-refractivity contribution in [1.82, 2.24) is 10.2 Å². The second-order valence-electron chi connectivity index (χ2n) is 4.77. The van der Waals surface area contributed by atoms with Crippen molar-refractivity contribution < 1.29 is 9.59 Å². The summed E-state index contributed by atoms with van der Waals surface area (Å²) >= 11 is 7.65. The summed E-state index contributed by atoms with van der Waals surface area (Å²) in [5, 5.41) is 3.48. The van der Waals surface area contributed by atoms with Gasteiger partial charge in [-0.15, -0.1) is 0 Å². The van der Waals surface area contributed by atoms with E-state index in [0.717, 1.165) is 23.3 Å². The fraction of sp³-hybridized carbons (Fsp3) is 0.429. The summed E-state index contributed by atoms with van der Waals surface area (Å²) < 4.78 is 0. The van der Waals surface area contributed by atoms with Crippen molar-refractivity contribution in [2.75, 3.05) is 18.1 Å². The van der Waals surface area contributed by atoms with E-state index in [4.69, 9.17) is 17.3 Å². The molecule has 0 spiro atoms. The zero-order chi connectivity index (χ0) is 15.2. The predicted octanol–water partition coefficient (Wildman–Crippen LogP) is 0.989. The number of hydrogen-bond acceptors (Lipinski definition) is 4. The fourth-order valence-corrected chi connectivity index (χ4v) is 3.49. The van der Waals surface area contributed by atoms with Crippen LogP contribution in [-0.2, 0) is 22.7 Å². The third kappa shape index (κ3) is 4.12. The number of benzene rings is 1.